The van der Waals surface area contributed by atoms with Crippen LogP contribution < -0.4 is 0 Å². The normalized spacial score (nSPS) is 19.1. The van der Waals surface area contributed by atoms with Gasteiger partial charge in [-0.1, -0.05) is 28.1 Å². The molecule has 1 aliphatic rings. The fraction of sp³-hybridized carbons (Fsp3) is 0.222. The Bertz CT molecular complexity index is 961. The average molecular weight is 420 g/mol. The lowest BCUT2D eigenvalue weighted by atomic mass is 10.2. The second kappa shape index (κ2) is 7.09. The molecule has 0 aliphatic carbocycles. The molecule has 1 atom stereocenters. The number of hydrogen-bond donors (Lipinski definition) is 0. The van der Waals surface area contributed by atoms with Gasteiger partial charge in [0, 0.05) is 18.1 Å². The van der Waals surface area contributed by atoms with Crippen LogP contribution >= 0.6 is 15.9 Å². The number of amides is 1. The average Bonchev–Trinajstić information content (AvgIpc) is 2.85. The molecule has 5 nitrogen and oxygen atoms in total. The molecule has 7 heteroatoms. The summed E-state index contributed by atoms with van der Waals surface area (Å²) >= 11 is 3.38. The maximum atomic E-state index is 13.3. The lowest BCUT2D eigenvalue weighted by molar-refractivity contribution is 0.101. The van der Waals surface area contributed by atoms with Crippen LogP contribution in [0.3, 0.4) is 0 Å². The molecule has 0 aromatic heterocycles. The highest BCUT2D eigenvalue weighted by Gasteiger charge is 2.29. The number of nitrogens with zero attached hydrogens (tertiary/aromatic N) is 3. The lowest BCUT2D eigenvalue weighted by Crippen LogP contribution is -2.14. The van der Waals surface area contributed by atoms with Gasteiger partial charge in [0.2, 0.25) is 0 Å². The van der Waals surface area contributed by atoms with Crippen molar-refractivity contribution in [1.82, 2.24) is 4.90 Å². The predicted molar refractivity (Wildman–Crippen MR) is 104 cm³/mol. The fourth-order valence-electron chi connectivity index (χ4n) is 2.44. The van der Waals surface area contributed by atoms with Crippen molar-refractivity contribution in [2.24, 2.45) is 9.36 Å². The first-order valence-electron chi connectivity index (χ1n) is 7.83. The van der Waals surface area contributed by atoms with E-state index in [1.54, 1.807) is 24.5 Å². The molecule has 0 bridgehead atoms. The summed E-state index contributed by atoms with van der Waals surface area (Å²) in [6, 6.07) is 12.7. The Morgan fingerprint density at radius 1 is 1.24 bits per heavy atom. The van der Waals surface area contributed by atoms with Crippen molar-refractivity contribution in [2.75, 3.05) is 13.6 Å². The molecule has 0 radical (unpaired) electrons. The van der Waals surface area contributed by atoms with E-state index in [1.165, 1.54) is 0 Å². The number of benzene rings is 2. The van der Waals surface area contributed by atoms with Gasteiger partial charge in [-0.2, -0.15) is 4.36 Å². The molecule has 2 aromatic carbocycles. The molecular formula is C18H18BrN3O2S. The van der Waals surface area contributed by atoms with Crippen LogP contribution in [0, 0.1) is 0 Å². The highest BCUT2D eigenvalue weighted by molar-refractivity contribution is 9.10. The quantitative estimate of drug-likeness (QED) is 0.537. The van der Waals surface area contributed by atoms with Crippen LogP contribution in [0.4, 0.5) is 5.69 Å². The highest BCUT2D eigenvalue weighted by Crippen LogP contribution is 2.32. The van der Waals surface area contributed by atoms with Crippen molar-refractivity contribution in [1.29, 1.82) is 0 Å². The molecule has 0 spiro atoms. The molecule has 0 saturated heterocycles. The van der Waals surface area contributed by atoms with Crippen LogP contribution in [0.5, 0.6) is 0 Å². The number of rotatable bonds is 5. The molecule has 2 aromatic rings. The Labute approximate surface area is 156 Å². The van der Waals surface area contributed by atoms with E-state index in [9.17, 15) is 9.00 Å². The predicted octanol–water partition coefficient (Wildman–Crippen LogP) is 4.24. The van der Waals surface area contributed by atoms with E-state index < -0.39 is 15.6 Å². The molecule has 3 rings (SSSR count). The number of halogens is 1. The Morgan fingerprint density at radius 3 is 2.64 bits per heavy atom. The third-order valence-corrected chi connectivity index (χ3v) is 6.70. The summed E-state index contributed by atoms with van der Waals surface area (Å²) in [7, 11) is -0.864. The second-order valence-electron chi connectivity index (χ2n) is 5.81. The molecule has 0 fully saturated rings. The first-order chi connectivity index (χ1) is 11.9. The van der Waals surface area contributed by atoms with Crippen molar-refractivity contribution in [2.45, 2.75) is 17.6 Å². The molecule has 1 heterocycles. The first-order valence-corrected chi connectivity index (χ1v) is 10.3. The maximum absolute atomic E-state index is 13.3. The number of carbonyl (C=O) groups is 1. The van der Waals surface area contributed by atoms with Gasteiger partial charge in [-0.05, 0) is 42.8 Å². The van der Waals surface area contributed by atoms with Gasteiger partial charge in [0.15, 0.2) is 0 Å². The monoisotopic (exact) mass is 419 g/mol. The number of aliphatic imine (C=N–C) groups is 1. The maximum Gasteiger partial charge on any atom is 0.286 e. The van der Waals surface area contributed by atoms with Gasteiger partial charge in [0.05, 0.1) is 38.0 Å². The second-order valence-corrected chi connectivity index (χ2v) is 8.91. The van der Waals surface area contributed by atoms with Crippen LogP contribution in [0.25, 0.3) is 0 Å². The van der Waals surface area contributed by atoms with E-state index in [-0.39, 0.29) is 5.75 Å². The molecule has 25 heavy (non-hydrogen) atoms. The molecule has 1 amide bonds. The zero-order chi connectivity index (χ0) is 18.0. The SMILES string of the molecule is CCN(C)/C=N\c1ccc2c(c1)C(=O)N=S2(=O)Cc1ccc(Br)cc1. The Kier molecular flexibility index (Phi) is 5.06. The fourth-order valence-corrected chi connectivity index (χ4v) is 4.80. The Balaban J connectivity index is 1.93. The Morgan fingerprint density at radius 2 is 1.96 bits per heavy atom. The number of carbonyl (C=O) groups excluding carboxylic acids is 1. The van der Waals surface area contributed by atoms with Crippen LogP contribution in [0.2, 0.25) is 0 Å². The van der Waals surface area contributed by atoms with Crippen molar-refractivity contribution < 1.29 is 9.00 Å². The van der Waals surface area contributed by atoms with Crippen LogP contribution in [-0.4, -0.2) is 34.9 Å². The minimum atomic E-state index is -2.78. The number of fused-ring (bicyclic) bond motifs is 1. The summed E-state index contributed by atoms with van der Waals surface area (Å²) in [5.41, 5.74) is 1.91. The van der Waals surface area contributed by atoms with Gasteiger partial charge in [-0.15, -0.1) is 0 Å². The van der Waals surface area contributed by atoms with Gasteiger partial charge in [-0.25, -0.2) is 9.20 Å². The zero-order valence-electron chi connectivity index (χ0n) is 14.0. The summed E-state index contributed by atoms with van der Waals surface area (Å²) in [6.07, 6.45) is 1.71. The Hall–Kier alpha value is -1.99. The van der Waals surface area contributed by atoms with Gasteiger partial charge in [0.1, 0.15) is 0 Å². The van der Waals surface area contributed by atoms with Crippen molar-refractivity contribution in [3.63, 3.8) is 0 Å². The van der Waals surface area contributed by atoms with E-state index in [0.717, 1.165) is 16.6 Å². The third kappa shape index (κ3) is 3.82. The van der Waals surface area contributed by atoms with E-state index in [0.29, 0.717) is 16.1 Å². The van der Waals surface area contributed by atoms with Gasteiger partial charge >= 0.3 is 0 Å². The van der Waals surface area contributed by atoms with Gasteiger partial charge in [-0.3, -0.25) is 4.79 Å². The molecule has 0 N–H and O–H groups in total. The summed E-state index contributed by atoms with van der Waals surface area (Å²) < 4.78 is 18.2. The molecular weight excluding hydrogens is 402 g/mol. The first kappa shape index (κ1) is 17.8. The van der Waals surface area contributed by atoms with E-state index in [1.807, 2.05) is 43.1 Å². The molecule has 0 saturated carbocycles. The summed E-state index contributed by atoms with van der Waals surface area (Å²) in [4.78, 5) is 19.0. The number of hydrogen-bond acceptors (Lipinski definition) is 3. The van der Waals surface area contributed by atoms with Gasteiger partial charge in [0.25, 0.3) is 5.91 Å². The van der Waals surface area contributed by atoms with E-state index >= 15 is 0 Å². The molecule has 1 aliphatic heterocycles. The van der Waals surface area contributed by atoms with Crippen LogP contribution in [-0.2, 0) is 15.5 Å². The van der Waals surface area contributed by atoms with Crippen molar-refractivity contribution in [3.05, 3.63) is 58.1 Å². The van der Waals surface area contributed by atoms with Crippen LogP contribution in [0.1, 0.15) is 22.8 Å². The van der Waals surface area contributed by atoms with E-state index in [4.69, 9.17) is 0 Å². The topological polar surface area (TPSA) is 62.1 Å². The molecule has 130 valence electrons. The van der Waals surface area contributed by atoms with E-state index in [2.05, 4.69) is 25.3 Å². The highest BCUT2D eigenvalue weighted by atomic mass is 79.9. The van der Waals surface area contributed by atoms with Crippen molar-refractivity contribution >= 4 is 43.6 Å². The zero-order valence-corrected chi connectivity index (χ0v) is 16.4. The van der Waals surface area contributed by atoms with Gasteiger partial charge < -0.3 is 4.90 Å². The minimum absolute atomic E-state index is 0.222. The van der Waals surface area contributed by atoms with Crippen molar-refractivity contribution in [3.8, 4) is 0 Å². The molecule has 1 unspecified atom stereocenters. The largest absolute Gasteiger partial charge is 0.366 e. The summed E-state index contributed by atoms with van der Waals surface area (Å²) in [5, 5.41) is 0. The standard InChI is InChI=1S/C18H18BrN3O2S/c1-3-22(2)12-20-15-8-9-17-16(10-15)18(23)21-25(17,24)11-13-4-6-14(19)7-5-13/h4-10,12H,3,11H2,1-2H3/b20-12-. The third-order valence-electron chi connectivity index (χ3n) is 3.95. The lowest BCUT2D eigenvalue weighted by Gasteiger charge is -2.09. The van der Waals surface area contributed by atoms with Crippen LogP contribution in [0.15, 0.2) is 61.2 Å². The summed E-state index contributed by atoms with van der Waals surface area (Å²) in [6.45, 7) is 2.86. The smallest absolute Gasteiger partial charge is 0.286 e. The minimum Gasteiger partial charge on any atom is -0.366 e. The summed E-state index contributed by atoms with van der Waals surface area (Å²) in [5.74, 6) is -0.210.